The number of fused-ring (bicyclic) bond motifs is 7. The van der Waals surface area contributed by atoms with E-state index in [-0.39, 0.29) is 0 Å². The van der Waals surface area contributed by atoms with Crippen molar-refractivity contribution < 1.29 is 4.42 Å². The Hall–Kier alpha value is -4.82. The number of furan rings is 1. The van der Waals surface area contributed by atoms with Crippen LogP contribution in [0.15, 0.2) is 89.3 Å². The van der Waals surface area contributed by atoms with E-state index in [1.165, 1.54) is 0 Å². The van der Waals surface area contributed by atoms with Crippen LogP contribution in [-0.2, 0) is 0 Å². The van der Waals surface area contributed by atoms with Gasteiger partial charge in [0, 0.05) is 46.3 Å². The van der Waals surface area contributed by atoms with Crippen molar-refractivity contribution in [1.29, 1.82) is 0 Å². The van der Waals surface area contributed by atoms with Gasteiger partial charge in [0.2, 0.25) is 0 Å². The van der Waals surface area contributed by atoms with Gasteiger partial charge in [0.1, 0.15) is 37.9 Å². The Morgan fingerprint density at radius 3 is 2.19 bits per heavy atom. The zero-order chi connectivity index (χ0) is 23.6. The molecule has 8 rings (SSSR count). The summed E-state index contributed by atoms with van der Waals surface area (Å²) in [6.07, 6.45) is 8.51. The summed E-state index contributed by atoms with van der Waals surface area (Å²) in [5.74, 6) is 0. The molecule has 5 aromatic heterocycles. The fraction of sp³-hybridized carbons (Fsp3) is 0. The second kappa shape index (κ2) is 7.34. The Bertz CT molecular complexity index is 2400. The van der Waals surface area contributed by atoms with Crippen LogP contribution in [0.5, 0.6) is 0 Å². The predicted molar refractivity (Wildman–Crippen MR) is 134 cm³/mol. The molecular weight excluding hydrogens is 468 g/mol. The van der Waals surface area contributed by atoms with Gasteiger partial charge in [-0.05, 0) is 23.6 Å². The molecule has 0 amide bonds. The SMILES string of the molecule is c1ccc2c(c1)oc1c(-c3cnc4/c(n3)=c3/nccn/c3=c3\nccn\c3=c3/ccs/c3=4)cccc12. The highest BCUT2D eigenvalue weighted by molar-refractivity contribution is 7.08. The second-order valence-electron chi connectivity index (χ2n) is 8.40. The van der Waals surface area contributed by atoms with Crippen molar-refractivity contribution in [2.24, 2.45) is 0 Å². The minimum atomic E-state index is 0.624. The lowest BCUT2D eigenvalue weighted by molar-refractivity contribution is 0.669. The summed E-state index contributed by atoms with van der Waals surface area (Å²) in [6, 6.07) is 16.2. The number of rotatable bonds is 1. The van der Waals surface area contributed by atoms with Crippen LogP contribution in [0.3, 0.4) is 0 Å². The molecule has 2 aromatic carbocycles. The van der Waals surface area contributed by atoms with Gasteiger partial charge in [0.15, 0.2) is 0 Å². The highest BCUT2D eigenvalue weighted by atomic mass is 32.1. The molecule has 7 aromatic rings. The number of thiophene rings is 1. The normalized spacial score (nSPS) is 15.9. The predicted octanol–water partition coefficient (Wildman–Crippen LogP) is 5.15. The van der Waals surface area contributed by atoms with Crippen LogP contribution in [-0.4, -0.2) is 29.9 Å². The van der Waals surface area contributed by atoms with Crippen molar-refractivity contribution in [2.45, 2.75) is 0 Å². The molecule has 0 atom stereocenters. The van der Waals surface area contributed by atoms with Crippen LogP contribution in [0.25, 0.3) is 33.2 Å². The lowest BCUT2D eigenvalue weighted by Gasteiger charge is -2.03. The van der Waals surface area contributed by atoms with Crippen molar-refractivity contribution in [1.82, 2.24) is 29.9 Å². The zero-order valence-electron chi connectivity index (χ0n) is 18.6. The summed E-state index contributed by atoms with van der Waals surface area (Å²) < 4.78 is 7.25. The quantitative estimate of drug-likeness (QED) is 0.320. The van der Waals surface area contributed by atoms with E-state index < -0.39 is 0 Å². The molecule has 0 fully saturated rings. The minimum absolute atomic E-state index is 0.624. The number of hydrogen-bond donors (Lipinski definition) is 0. The smallest absolute Gasteiger partial charge is 0.144 e. The van der Waals surface area contributed by atoms with Crippen LogP contribution in [0.2, 0.25) is 0 Å². The highest BCUT2D eigenvalue weighted by Crippen LogP contribution is 2.34. The van der Waals surface area contributed by atoms with Crippen molar-refractivity contribution >= 4 is 33.3 Å². The molecule has 0 saturated heterocycles. The van der Waals surface area contributed by atoms with E-state index in [2.05, 4.69) is 27.1 Å². The standard InChI is InChI=1S/C28H14N6OS/c1-2-7-20-15(4-1)16-5-3-6-17(27(16)35-20)19-14-33-26-25(34-19)24-23(31-11-12-32-24)22-21(29-9-10-30-22)18-8-13-36-28(18)26/h1-14H/b21-18+,23-22-,25-24-,28-26-. The number of para-hydroxylation sites is 2. The molecule has 1 aliphatic carbocycles. The first-order valence-corrected chi connectivity index (χ1v) is 12.2. The summed E-state index contributed by atoms with van der Waals surface area (Å²) in [7, 11) is 0. The Labute approximate surface area is 205 Å². The number of nitrogens with zero attached hydrogens (tertiary/aromatic N) is 6. The average molecular weight is 483 g/mol. The Morgan fingerprint density at radius 2 is 1.33 bits per heavy atom. The van der Waals surface area contributed by atoms with Crippen LogP contribution in [0, 0.1) is 41.8 Å². The molecule has 36 heavy (non-hydrogen) atoms. The Kier molecular flexibility index (Phi) is 3.97. The number of benzene rings is 2. The van der Waals surface area contributed by atoms with Crippen LogP contribution < -0.4 is 0 Å². The third kappa shape index (κ3) is 2.67. The van der Waals surface area contributed by atoms with E-state index in [0.29, 0.717) is 27.1 Å². The van der Waals surface area contributed by atoms with Crippen molar-refractivity contribution in [3.05, 3.63) is 127 Å². The first-order chi connectivity index (χ1) is 17.9. The fourth-order valence-electron chi connectivity index (χ4n) is 4.87. The summed E-state index contributed by atoms with van der Waals surface area (Å²) >= 11 is 1.60. The molecule has 8 heteroatoms. The molecule has 0 radical (unpaired) electrons. The molecule has 1 aliphatic rings. The minimum Gasteiger partial charge on any atom is -0.455 e. The van der Waals surface area contributed by atoms with Crippen LogP contribution in [0.1, 0.15) is 0 Å². The second-order valence-corrected chi connectivity index (χ2v) is 9.32. The molecule has 168 valence electrons. The monoisotopic (exact) mass is 482 g/mol. The summed E-state index contributed by atoms with van der Waals surface area (Å²) in [4.78, 5) is 28.7. The van der Waals surface area contributed by atoms with Crippen molar-refractivity contribution in [3.63, 3.8) is 0 Å². The van der Waals surface area contributed by atoms with Gasteiger partial charge in [0.25, 0.3) is 0 Å². The first kappa shape index (κ1) is 19.5. The molecule has 0 saturated carbocycles. The lowest BCUT2D eigenvalue weighted by Crippen LogP contribution is -1.99. The van der Waals surface area contributed by atoms with Crippen LogP contribution >= 0.6 is 11.3 Å². The Balaban J connectivity index is 1.62. The molecular formula is C28H14N6OS. The third-order valence-electron chi connectivity index (χ3n) is 6.43. The van der Waals surface area contributed by atoms with Gasteiger partial charge in [0.05, 0.1) is 21.8 Å². The van der Waals surface area contributed by atoms with E-state index in [1.54, 1.807) is 42.3 Å². The van der Waals surface area contributed by atoms with E-state index in [9.17, 15) is 0 Å². The van der Waals surface area contributed by atoms with Crippen molar-refractivity contribution in [2.75, 3.05) is 0 Å². The van der Waals surface area contributed by atoms with Crippen molar-refractivity contribution in [3.8, 4) is 11.3 Å². The first-order valence-electron chi connectivity index (χ1n) is 11.4. The zero-order valence-corrected chi connectivity index (χ0v) is 19.4. The van der Waals surface area contributed by atoms with E-state index >= 15 is 0 Å². The number of aromatic nitrogens is 6. The molecule has 0 unspecified atom stereocenters. The maximum atomic E-state index is 6.27. The highest BCUT2D eigenvalue weighted by Gasteiger charge is 2.14. The maximum Gasteiger partial charge on any atom is 0.144 e. The average Bonchev–Trinajstić information content (AvgIpc) is 3.57. The topological polar surface area (TPSA) is 90.5 Å². The number of hydrogen-bond acceptors (Lipinski definition) is 8. The largest absolute Gasteiger partial charge is 0.455 e. The van der Waals surface area contributed by atoms with Crippen LogP contribution in [0.4, 0.5) is 0 Å². The van der Waals surface area contributed by atoms with Gasteiger partial charge in [-0.15, -0.1) is 11.3 Å². The lowest BCUT2D eigenvalue weighted by atomic mass is 10.1. The summed E-state index contributed by atoms with van der Waals surface area (Å²) in [5, 5.41) is 9.21. The molecule has 0 bridgehead atoms. The maximum absolute atomic E-state index is 6.27. The van der Waals surface area contributed by atoms with Gasteiger partial charge in [-0.3, -0.25) is 24.9 Å². The van der Waals surface area contributed by atoms with Gasteiger partial charge >= 0.3 is 0 Å². The van der Waals surface area contributed by atoms with E-state index in [1.807, 2.05) is 41.8 Å². The summed E-state index contributed by atoms with van der Waals surface area (Å²) in [5.41, 5.74) is 3.20. The molecule has 0 N–H and O–H groups in total. The molecule has 0 aliphatic heterocycles. The Morgan fingerprint density at radius 1 is 0.611 bits per heavy atom. The van der Waals surface area contributed by atoms with E-state index in [4.69, 9.17) is 19.4 Å². The molecule has 7 nitrogen and oxygen atoms in total. The van der Waals surface area contributed by atoms with Gasteiger partial charge < -0.3 is 4.42 Å². The van der Waals surface area contributed by atoms with E-state index in [0.717, 1.165) is 48.0 Å². The summed E-state index contributed by atoms with van der Waals surface area (Å²) in [6.45, 7) is 0. The van der Waals surface area contributed by atoms with Gasteiger partial charge in [-0.1, -0.05) is 30.3 Å². The van der Waals surface area contributed by atoms with Gasteiger partial charge in [-0.25, -0.2) is 4.98 Å². The fourth-order valence-corrected chi connectivity index (χ4v) is 5.76. The third-order valence-corrected chi connectivity index (χ3v) is 7.35. The molecule has 0 spiro atoms. The molecule has 5 heterocycles. The van der Waals surface area contributed by atoms with Gasteiger partial charge in [-0.2, -0.15) is 0 Å².